The number of benzene rings is 2. The molecule has 2 aliphatic rings. The van der Waals surface area contributed by atoms with Gasteiger partial charge in [-0.25, -0.2) is 0 Å². The smallest absolute Gasteiger partial charge is 0.122 e. The van der Waals surface area contributed by atoms with E-state index in [4.69, 9.17) is 4.74 Å². The Morgan fingerprint density at radius 2 is 1.83 bits per heavy atom. The molecule has 1 heterocycles. The molecule has 2 unspecified atom stereocenters. The Morgan fingerprint density at radius 3 is 2.58 bits per heavy atom. The summed E-state index contributed by atoms with van der Waals surface area (Å²) in [7, 11) is 1.80. The predicted octanol–water partition coefficient (Wildman–Crippen LogP) is 4.84. The summed E-state index contributed by atoms with van der Waals surface area (Å²) in [5.74, 6) is 2.48. The summed E-state index contributed by atoms with van der Waals surface area (Å²) in [5, 5.41) is 0. The predicted molar refractivity (Wildman–Crippen MR) is 101 cm³/mol. The quantitative estimate of drug-likeness (QED) is 0.790. The molecule has 0 N–H and O–H groups in total. The second-order valence-corrected chi connectivity index (χ2v) is 6.98. The molecular formula is C21H26ClNO. The molecule has 1 aliphatic carbocycles. The molecule has 4 rings (SSSR count). The molecule has 1 saturated heterocycles. The highest BCUT2D eigenvalue weighted by Gasteiger charge is 2.40. The van der Waals surface area contributed by atoms with Crippen molar-refractivity contribution in [1.82, 2.24) is 4.90 Å². The van der Waals surface area contributed by atoms with Crippen molar-refractivity contribution < 1.29 is 4.74 Å². The van der Waals surface area contributed by atoms with Gasteiger partial charge in [-0.1, -0.05) is 42.5 Å². The van der Waals surface area contributed by atoms with Crippen molar-refractivity contribution >= 4 is 12.4 Å². The molecule has 1 fully saturated rings. The molecule has 3 heteroatoms. The minimum absolute atomic E-state index is 0. The molecule has 2 aromatic rings. The Balaban J connectivity index is 0.00000169. The fourth-order valence-corrected chi connectivity index (χ4v) is 4.53. The molecular weight excluding hydrogens is 318 g/mol. The highest BCUT2D eigenvalue weighted by atomic mass is 35.5. The number of nitrogens with zero attached hydrogens (tertiary/aromatic N) is 1. The van der Waals surface area contributed by atoms with Gasteiger partial charge in [-0.3, -0.25) is 4.90 Å². The summed E-state index contributed by atoms with van der Waals surface area (Å²) in [6, 6.07) is 17.9. The van der Waals surface area contributed by atoms with Crippen molar-refractivity contribution in [3.8, 4) is 5.75 Å². The molecule has 1 aliphatic heterocycles. The van der Waals surface area contributed by atoms with Gasteiger partial charge in [0.15, 0.2) is 0 Å². The monoisotopic (exact) mass is 343 g/mol. The van der Waals surface area contributed by atoms with Crippen LogP contribution in [0.25, 0.3) is 0 Å². The Hall–Kier alpha value is -1.51. The zero-order valence-corrected chi connectivity index (χ0v) is 15.3. The van der Waals surface area contributed by atoms with E-state index in [9.17, 15) is 0 Å². The fraction of sp³-hybridized carbons (Fsp3) is 0.429. The van der Waals surface area contributed by atoms with E-state index < -0.39 is 0 Å². The van der Waals surface area contributed by atoms with Crippen LogP contribution in [0.4, 0.5) is 0 Å². The lowest BCUT2D eigenvalue weighted by atomic mass is 9.76. The van der Waals surface area contributed by atoms with Crippen LogP contribution in [0, 0.1) is 5.92 Å². The third-order valence-corrected chi connectivity index (χ3v) is 5.83. The third kappa shape index (κ3) is 2.94. The lowest BCUT2D eigenvalue weighted by Crippen LogP contribution is -2.24. The average Bonchev–Trinajstić information content (AvgIpc) is 3.05. The zero-order chi connectivity index (χ0) is 15.8. The second kappa shape index (κ2) is 7.16. The molecule has 0 spiro atoms. The number of methoxy groups -OCH3 is 1. The van der Waals surface area contributed by atoms with Gasteiger partial charge < -0.3 is 4.74 Å². The molecule has 24 heavy (non-hydrogen) atoms. The molecule has 2 aromatic carbocycles. The Bertz CT molecular complexity index is 673. The zero-order valence-electron chi connectivity index (χ0n) is 14.4. The number of fused-ring (bicyclic) bond motifs is 3. The minimum Gasteiger partial charge on any atom is -0.496 e. The number of ether oxygens (including phenoxy) is 1. The van der Waals surface area contributed by atoms with Crippen LogP contribution in [0.3, 0.4) is 0 Å². The number of rotatable bonds is 3. The maximum absolute atomic E-state index is 5.68. The number of likely N-dealkylation sites (tertiary alicyclic amines) is 1. The molecule has 0 radical (unpaired) electrons. The van der Waals surface area contributed by atoms with E-state index in [1.807, 2.05) is 0 Å². The Labute approximate surface area is 151 Å². The van der Waals surface area contributed by atoms with Crippen LogP contribution in [-0.4, -0.2) is 25.1 Å². The summed E-state index contributed by atoms with van der Waals surface area (Å²) in [5.41, 5.74) is 4.40. The summed E-state index contributed by atoms with van der Waals surface area (Å²) >= 11 is 0. The van der Waals surface area contributed by atoms with Crippen molar-refractivity contribution in [3.63, 3.8) is 0 Å². The van der Waals surface area contributed by atoms with Gasteiger partial charge >= 0.3 is 0 Å². The number of halogens is 1. The first-order valence-corrected chi connectivity index (χ1v) is 8.72. The van der Waals surface area contributed by atoms with Crippen LogP contribution in [-0.2, 0) is 6.42 Å². The van der Waals surface area contributed by atoms with Crippen LogP contribution in [0.5, 0.6) is 5.75 Å². The number of hydrogen-bond donors (Lipinski definition) is 0. The number of hydrogen-bond acceptors (Lipinski definition) is 2. The van der Waals surface area contributed by atoms with E-state index in [1.165, 1.54) is 36.1 Å². The van der Waals surface area contributed by atoms with E-state index in [-0.39, 0.29) is 12.4 Å². The largest absolute Gasteiger partial charge is 0.496 e. The van der Waals surface area contributed by atoms with Gasteiger partial charge in [-0.15, -0.1) is 12.4 Å². The van der Waals surface area contributed by atoms with Gasteiger partial charge in [0.25, 0.3) is 0 Å². The lowest BCUT2D eigenvalue weighted by molar-refractivity contribution is 0.250. The highest BCUT2D eigenvalue weighted by molar-refractivity contribution is 5.85. The Morgan fingerprint density at radius 1 is 1.04 bits per heavy atom. The summed E-state index contributed by atoms with van der Waals surface area (Å²) in [6.45, 7) is 4.70. The van der Waals surface area contributed by atoms with Gasteiger partial charge in [0, 0.05) is 30.6 Å². The van der Waals surface area contributed by atoms with E-state index in [1.54, 1.807) is 7.11 Å². The van der Waals surface area contributed by atoms with E-state index in [0.717, 1.165) is 18.2 Å². The van der Waals surface area contributed by atoms with Gasteiger partial charge in [0.05, 0.1) is 7.11 Å². The van der Waals surface area contributed by atoms with Crippen LogP contribution in [0.1, 0.15) is 42.0 Å². The average molecular weight is 344 g/mol. The SMILES string of the molecule is COc1cccc2c1C1CN([C@@H](C)c3ccccc3)CC1CC2.Cl. The van der Waals surface area contributed by atoms with E-state index in [2.05, 4.69) is 60.4 Å². The normalized spacial score (nSPS) is 23.8. The van der Waals surface area contributed by atoms with Crippen molar-refractivity contribution in [2.75, 3.05) is 20.2 Å². The Kier molecular flexibility index (Phi) is 5.17. The molecule has 2 nitrogen and oxygen atoms in total. The first-order chi connectivity index (χ1) is 11.3. The number of aryl methyl sites for hydroxylation is 1. The van der Waals surface area contributed by atoms with Crippen molar-refractivity contribution in [2.24, 2.45) is 5.92 Å². The fourth-order valence-electron chi connectivity index (χ4n) is 4.53. The second-order valence-electron chi connectivity index (χ2n) is 6.98. The van der Waals surface area contributed by atoms with Crippen molar-refractivity contribution in [1.29, 1.82) is 0 Å². The molecule has 0 bridgehead atoms. The minimum atomic E-state index is 0. The van der Waals surface area contributed by atoms with Crippen LogP contribution < -0.4 is 4.74 Å². The lowest BCUT2D eigenvalue weighted by Gasteiger charge is -2.29. The van der Waals surface area contributed by atoms with Crippen molar-refractivity contribution in [3.05, 3.63) is 65.2 Å². The third-order valence-electron chi connectivity index (χ3n) is 5.83. The van der Waals surface area contributed by atoms with Crippen LogP contribution in [0.2, 0.25) is 0 Å². The molecule has 0 aromatic heterocycles. The standard InChI is InChI=1S/C21H25NO.ClH/c1-15(16-7-4-3-5-8-16)22-13-18-12-11-17-9-6-10-20(23-2)21(17)19(18)14-22;/h3-10,15,18-19H,11-14H2,1-2H3;1H/t15-,18?,19?;/m0./s1. The molecule has 0 saturated carbocycles. The van der Waals surface area contributed by atoms with Crippen LogP contribution in [0.15, 0.2) is 48.5 Å². The summed E-state index contributed by atoms with van der Waals surface area (Å²) in [6.07, 6.45) is 2.50. The maximum Gasteiger partial charge on any atom is 0.122 e. The van der Waals surface area contributed by atoms with Gasteiger partial charge in [-0.05, 0) is 42.9 Å². The summed E-state index contributed by atoms with van der Waals surface area (Å²) in [4.78, 5) is 2.66. The molecule has 3 atom stereocenters. The molecule has 128 valence electrons. The maximum atomic E-state index is 5.68. The van der Waals surface area contributed by atoms with Crippen molar-refractivity contribution in [2.45, 2.75) is 31.7 Å². The molecule has 0 amide bonds. The van der Waals surface area contributed by atoms with Gasteiger partial charge in [-0.2, -0.15) is 0 Å². The van der Waals surface area contributed by atoms with Gasteiger partial charge in [0.1, 0.15) is 5.75 Å². The summed E-state index contributed by atoms with van der Waals surface area (Å²) < 4.78 is 5.68. The van der Waals surface area contributed by atoms with Crippen LogP contribution >= 0.6 is 12.4 Å². The van der Waals surface area contributed by atoms with E-state index in [0.29, 0.717) is 12.0 Å². The van der Waals surface area contributed by atoms with E-state index >= 15 is 0 Å². The first-order valence-electron chi connectivity index (χ1n) is 8.72. The highest BCUT2D eigenvalue weighted by Crippen LogP contribution is 2.46. The van der Waals surface area contributed by atoms with Gasteiger partial charge in [0.2, 0.25) is 0 Å². The first kappa shape index (κ1) is 17.3. The topological polar surface area (TPSA) is 12.5 Å².